The van der Waals surface area contributed by atoms with Crippen LogP contribution < -0.4 is 0 Å². The van der Waals surface area contributed by atoms with E-state index in [1.807, 2.05) is 0 Å². The van der Waals surface area contributed by atoms with Gasteiger partial charge in [-0.15, -0.1) is 0 Å². The maximum absolute atomic E-state index is 3.84. The van der Waals surface area contributed by atoms with Crippen LogP contribution in [0.25, 0.3) is 0 Å². The minimum atomic E-state index is 1.08. The van der Waals surface area contributed by atoms with Gasteiger partial charge in [0.05, 0.1) is 0 Å². The second-order valence-electron chi connectivity index (χ2n) is 4.05. The van der Waals surface area contributed by atoms with Crippen LogP contribution in [0.4, 0.5) is 0 Å². The fourth-order valence-electron chi connectivity index (χ4n) is 1.48. The molecular formula is C15H27. The SMILES string of the molecule is [CH2]CCCCC/C=C/C=C/CCCCC. The number of hydrogen-bond donors (Lipinski definition) is 0. The van der Waals surface area contributed by atoms with Gasteiger partial charge in [-0.25, -0.2) is 0 Å². The van der Waals surface area contributed by atoms with Crippen LogP contribution in [0.2, 0.25) is 0 Å². The molecule has 0 heterocycles. The fraction of sp³-hybridized carbons (Fsp3) is 0.667. The lowest BCUT2D eigenvalue weighted by molar-refractivity contribution is 0.695. The Bertz CT molecular complexity index is 153. The van der Waals surface area contributed by atoms with Gasteiger partial charge in [-0.2, -0.15) is 0 Å². The molecule has 0 unspecified atom stereocenters. The molecule has 1 radical (unpaired) electrons. The third-order valence-electron chi connectivity index (χ3n) is 2.48. The van der Waals surface area contributed by atoms with Crippen LogP contribution >= 0.6 is 0 Å². The zero-order valence-electron chi connectivity index (χ0n) is 10.4. The van der Waals surface area contributed by atoms with Gasteiger partial charge in [0.2, 0.25) is 0 Å². The van der Waals surface area contributed by atoms with Gasteiger partial charge in [-0.05, 0) is 25.7 Å². The van der Waals surface area contributed by atoms with E-state index >= 15 is 0 Å². The highest BCUT2D eigenvalue weighted by molar-refractivity contribution is 5.02. The smallest absolute Gasteiger partial charge is 0.0348 e. The molecule has 87 valence electrons. The van der Waals surface area contributed by atoms with Gasteiger partial charge in [-0.3, -0.25) is 0 Å². The van der Waals surface area contributed by atoms with Crippen molar-refractivity contribution in [3.63, 3.8) is 0 Å². The van der Waals surface area contributed by atoms with Crippen LogP contribution in [0, 0.1) is 6.92 Å². The molecule has 0 fully saturated rings. The Morgan fingerprint density at radius 3 is 1.93 bits per heavy atom. The molecule has 0 rings (SSSR count). The first-order chi connectivity index (χ1) is 7.41. The molecule has 0 amide bonds. The van der Waals surface area contributed by atoms with Gasteiger partial charge in [-0.1, -0.05) is 70.3 Å². The molecule has 0 saturated heterocycles. The monoisotopic (exact) mass is 207 g/mol. The quantitative estimate of drug-likeness (QED) is 0.329. The Balaban J connectivity index is 3.15. The molecule has 0 aromatic carbocycles. The van der Waals surface area contributed by atoms with Crippen molar-refractivity contribution in [2.45, 2.75) is 64.7 Å². The molecule has 15 heavy (non-hydrogen) atoms. The van der Waals surface area contributed by atoms with Gasteiger partial charge in [0.25, 0.3) is 0 Å². The van der Waals surface area contributed by atoms with Crippen LogP contribution in [0.1, 0.15) is 64.7 Å². The minimum absolute atomic E-state index is 1.08. The molecule has 0 aliphatic rings. The summed E-state index contributed by atoms with van der Waals surface area (Å²) in [5.41, 5.74) is 0. The van der Waals surface area contributed by atoms with E-state index < -0.39 is 0 Å². The second-order valence-corrected chi connectivity index (χ2v) is 4.05. The van der Waals surface area contributed by atoms with Crippen LogP contribution in [-0.2, 0) is 0 Å². The molecule has 0 heteroatoms. The molecule has 0 N–H and O–H groups in total. The number of rotatable bonds is 10. The van der Waals surface area contributed by atoms with Crippen molar-refractivity contribution < 1.29 is 0 Å². The largest absolute Gasteiger partial charge is 0.0845 e. The van der Waals surface area contributed by atoms with Gasteiger partial charge >= 0.3 is 0 Å². The molecule has 0 bridgehead atoms. The van der Waals surface area contributed by atoms with E-state index in [2.05, 4.69) is 38.2 Å². The van der Waals surface area contributed by atoms with Crippen LogP contribution in [0.3, 0.4) is 0 Å². The van der Waals surface area contributed by atoms with E-state index in [1.54, 1.807) is 0 Å². The Morgan fingerprint density at radius 1 is 0.800 bits per heavy atom. The summed E-state index contributed by atoms with van der Waals surface area (Å²) in [4.78, 5) is 0. The highest BCUT2D eigenvalue weighted by atomic mass is 13.9. The van der Waals surface area contributed by atoms with Crippen molar-refractivity contribution in [2.24, 2.45) is 0 Å². The zero-order chi connectivity index (χ0) is 11.2. The van der Waals surface area contributed by atoms with Crippen molar-refractivity contribution in [1.29, 1.82) is 0 Å². The summed E-state index contributed by atoms with van der Waals surface area (Å²) in [5, 5.41) is 0. The van der Waals surface area contributed by atoms with E-state index in [1.165, 1.54) is 51.4 Å². The van der Waals surface area contributed by atoms with E-state index in [0.29, 0.717) is 0 Å². The van der Waals surface area contributed by atoms with Crippen molar-refractivity contribution in [3.05, 3.63) is 31.2 Å². The van der Waals surface area contributed by atoms with Crippen molar-refractivity contribution in [3.8, 4) is 0 Å². The summed E-state index contributed by atoms with van der Waals surface area (Å²) >= 11 is 0. The normalized spacial score (nSPS) is 11.9. The maximum Gasteiger partial charge on any atom is -0.0348 e. The standard InChI is InChI=1S/C15H27/c1-3-5-7-9-11-13-15-14-12-10-8-6-4-2/h12-15H,1,3-11H2,2H3/b14-12+,15-13+. The third kappa shape index (κ3) is 13.5. The van der Waals surface area contributed by atoms with E-state index in [4.69, 9.17) is 0 Å². The van der Waals surface area contributed by atoms with Gasteiger partial charge in [0, 0.05) is 0 Å². The summed E-state index contributed by atoms with van der Waals surface area (Å²) in [6, 6.07) is 0. The van der Waals surface area contributed by atoms with Crippen molar-refractivity contribution in [2.75, 3.05) is 0 Å². The van der Waals surface area contributed by atoms with E-state index in [0.717, 1.165) is 6.42 Å². The van der Waals surface area contributed by atoms with Crippen LogP contribution in [-0.4, -0.2) is 0 Å². The Morgan fingerprint density at radius 2 is 1.40 bits per heavy atom. The summed E-state index contributed by atoms with van der Waals surface area (Å²) < 4.78 is 0. The van der Waals surface area contributed by atoms with Gasteiger partial charge in [0.15, 0.2) is 0 Å². The molecule has 0 atom stereocenters. The summed E-state index contributed by atoms with van der Waals surface area (Å²) in [7, 11) is 0. The maximum atomic E-state index is 3.84. The fourth-order valence-corrected chi connectivity index (χ4v) is 1.48. The molecule has 0 spiro atoms. The van der Waals surface area contributed by atoms with Crippen LogP contribution in [0.5, 0.6) is 0 Å². The predicted octanol–water partition coefficient (Wildman–Crippen LogP) is 5.46. The lowest BCUT2D eigenvalue weighted by atomic mass is 10.1. The number of hydrogen-bond acceptors (Lipinski definition) is 0. The molecule has 0 aromatic rings. The van der Waals surface area contributed by atoms with E-state index in [9.17, 15) is 0 Å². The highest BCUT2D eigenvalue weighted by Crippen LogP contribution is 2.03. The molecule has 0 saturated carbocycles. The first kappa shape index (κ1) is 14.5. The number of allylic oxidation sites excluding steroid dienone is 4. The lowest BCUT2D eigenvalue weighted by Gasteiger charge is -1.93. The first-order valence-electron chi connectivity index (χ1n) is 6.52. The summed E-state index contributed by atoms with van der Waals surface area (Å²) in [5.74, 6) is 0. The molecule has 0 nitrogen and oxygen atoms in total. The average Bonchev–Trinajstić information content (AvgIpc) is 2.26. The van der Waals surface area contributed by atoms with Gasteiger partial charge < -0.3 is 0 Å². The summed E-state index contributed by atoms with van der Waals surface area (Å²) in [6.07, 6.45) is 20.4. The highest BCUT2D eigenvalue weighted by Gasteiger charge is 1.83. The van der Waals surface area contributed by atoms with Crippen LogP contribution in [0.15, 0.2) is 24.3 Å². The first-order valence-corrected chi connectivity index (χ1v) is 6.52. The summed E-state index contributed by atoms with van der Waals surface area (Å²) in [6.45, 7) is 6.08. The number of unbranched alkanes of at least 4 members (excludes halogenated alkanes) is 7. The second kappa shape index (κ2) is 13.5. The van der Waals surface area contributed by atoms with Gasteiger partial charge in [0.1, 0.15) is 0 Å². The Kier molecular flexibility index (Phi) is 13.0. The van der Waals surface area contributed by atoms with Crippen molar-refractivity contribution >= 4 is 0 Å². The molecular weight excluding hydrogens is 180 g/mol. The van der Waals surface area contributed by atoms with E-state index in [-0.39, 0.29) is 0 Å². The van der Waals surface area contributed by atoms with Crippen molar-refractivity contribution in [1.82, 2.24) is 0 Å². The third-order valence-corrected chi connectivity index (χ3v) is 2.48. The zero-order valence-corrected chi connectivity index (χ0v) is 10.4. The average molecular weight is 207 g/mol. The Labute approximate surface area is 96.5 Å². The molecule has 0 aliphatic carbocycles. The predicted molar refractivity (Wildman–Crippen MR) is 70.9 cm³/mol. The lowest BCUT2D eigenvalue weighted by Crippen LogP contribution is -1.73. The Hall–Kier alpha value is -0.520. The topological polar surface area (TPSA) is 0 Å². The molecule has 0 aliphatic heterocycles. The molecule has 0 aromatic heterocycles. The minimum Gasteiger partial charge on any atom is -0.0845 e.